The van der Waals surface area contributed by atoms with Gasteiger partial charge >= 0.3 is 0 Å². The second kappa shape index (κ2) is 9.45. The van der Waals surface area contributed by atoms with Crippen LogP contribution >= 0.6 is 0 Å². The van der Waals surface area contributed by atoms with Crippen molar-refractivity contribution in [1.82, 2.24) is 15.2 Å². The lowest BCUT2D eigenvalue weighted by molar-refractivity contribution is 0.176. The fraction of sp³-hybridized carbons (Fsp3) is 0.195. The molecular formula is C41H36N4. The van der Waals surface area contributed by atoms with E-state index in [1.165, 1.54) is 49.4 Å². The molecule has 5 aromatic rings. The van der Waals surface area contributed by atoms with E-state index in [-0.39, 0.29) is 22.9 Å². The Labute approximate surface area is 263 Å². The summed E-state index contributed by atoms with van der Waals surface area (Å²) in [4.78, 5) is 5.70. The summed E-state index contributed by atoms with van der Waals surface area (Å²) in [5.74, 6) is 0.171. The quantitative estimate of drug-likeness (QED) is 0.222. The molecule has 0 amide bonds. The normalized spacial score (nSPS) is 25.0. The fourth-order valence-electron chi connectivity index (χ4n) is 8.09. The van der Waals surface area contributed by atoms with Gasteiger partial charge in [0.05, 0.1) is 22.4 Å². The van der Waals surface area contributed by atoms with Crippen molar-refractivity contribution in [2.24, 2.45) is 21.7 Å². The second-order valence-corrected chi connectivity index (χ2v) is 13.5. The average Bonchev–Trinajstić information content (AvgIpc) is 3.48. The Hall–Kier alpha value is -5.09. The SMILES string of the molecule is CC1(C)C2=C(NC(n3c4ccccc4c4cc5ccccc5cc43)C(c3ccccc3)=N2)C2C=C(C3=CCNC=C3)C=CC21C. The number of allylic oxidation sites excluding steroid dienone is 7. The fourth-order valence-corrected chi connectivity index (χ4v) is 8.09. The molecule has 4 aliphatic rings. The van der Waals surface area contributed by atoms with Crippen molar-refractivity contribution in [3.05, 3.63) is 156 Å². The zero-order valence-corrected chi connectivity index (χ0v) is 25.9. The Morgan fingerprint density at radius 3 is 2.33 bits per heavy atom. The number of hydrogen-bond donors (Lipinski definition) is 2. The molecule has 0 fully saturated rings. The van der Waals surface area contributed by atoms with E-state index >= 15 is 0 Å². The number of benzene rings is 4. The summed E-state index contributed by atoms with van der Waals surface area (Å²) in [6, 6.07) is 32.9. The first-order valence-electron chi connectivity index (χ1n) is 16.0. The molecule has 0 radical (unpaired) electrons. The zero-order chi connectivity index (χ0) is 30.3. The summed E-state index contributed by atoms with van der Waals surface area (Å²) in [6.45, 7) is 8.01. The zero-order valence-electron chi connectivity index (χ0n) is 25.9. The summed E-state index contributed by atoms with van der Waals surface area (Å²) in [7, 11) is 0. The van der Waals surface area contributed by atoms with Crippen molar-refractivity contribution in [3.63, 3.8) is 0 Å². The summed E-state index contributed by atoms with van der Waals surface area (Å²) < 4.78 is 2.50. The van der Waals surface area contributed by atoms with Crippen LogP contribution in [-0.2, 0) is 0 Å². The predicted octanol–water partition coefficient (Wildman–Crippen LogP) is 8.95. The van der Waals surface area contributed by atoms with Crippen molar-refractivity contribution in [2.45, 2.75) is 26.9 Å². The van der Waals surface area contributed by atoms with E-state index in [9.17, 15) is 0 Å². The summed E-state index contributed by atoms with van der Waals surface area (Å²) in [5, 5.41) is 12.5. The third-order valence-corrected chi connectivity index (χ3v) is 10.9. The predicted molar refractivity (Wildman–Crippen MR) is 187 cm³/mol. The third kappa shape index (κ3) is 3.69. The first-order chi connectivity index (χ1) is 21.9. The number of hydrogen-bond acceptors (Lipinski definition) is 3. The van der Waals surface area contributed by atoms with E-state index in [0.29, 0.717) is 0 Å². The van der Waals surface area contributed by atoms with Gasteiger partial charge in [0.2, 0.25) is 0 Å². The number of nitrogens with one attached hydrogen (secondary N) is 2. The van der Waals surface area contributed by atoms with Gasteiger partial charge in [-0.25, -0.2) is 0 Å². The third-order valence-electron chi connectivity index (χ3n) is 10.9. The number of aromatic nitrogens is 1. The Morgan fingerprint density at radius 1 is 0.778 bits per heavy atom. The number of aliphatic imine (C=N–C) groups is 1. The standard InChI is InChI=1S/C41H36N4/c1-40(2)38-37(33-24-30(17-20-41(33,40)3)26-18-21-42-22-19-26)44-39(36(43-38)27-11-5-4-6-12-27)45-34-16-10-9-15-31(34)32-23-28-13-7-8-14-29(28)25-35(32)45/h4-21,23-25,33,39,42,44H,22H2,1-3H3. The van der Waals surface area contributed by atoms with Crippen molar-refractivity contribution < 1.29 is 0 Å². The van der Waals surface area contributed by atoms with Crippen LogP contribution in [0, 0.1) is 16.7 Å². The summed E-state index contributed by atoms with van der Waals surface area (Å²) in [5.41, 5.74) is 9.25. The highest BCUT2D eigenvalue weighted by molar-refractivity contribution is 6.14. The van der Waals surface area contributed by atoms with Gasteiger partial charge in [-0.05, 0) is 52.4 Å². The molecular weight excluding hydrogens is 548 g/mol. The molecule has 2 aliphatic heterocycles. The van der Waals surface area contributed by atoms with E-state index in [4.69, 9.17) is 4.99 Å². The van der Waals surface area contributed by atoms with Crippen molar-refractivity contribution in [1.29, 1.82) is 0 Å². The Balaban J connectivity index is 1.29. The minimum Gasteiger partial charge on any atom is -0.387 e. The number of nitrogens with zero attached hydrogens (tertiary/aromatic N) is 2. The molecule has 0 saturated heterocycles. The van der Waals surface area contributed by atoms with E-state index in [2.05, 4.69) is 164 Å². The highest BCUT2D eigenvalue weighted by atomic mass is 15.2. The molecule has 9 rings (SSSR count). The Bertz CT molecular complexity index is 2240. The molecule has 3 atom stereocenters. The van der Waals surface area contributed by atoms with Crippen LogP contribution in [0.3, 0.4) is 0 Å². The largest absolute Gasteiger partial charge is 0.387 e. The highest BCUT2D eigenvalue weighted by Crippen LogP contribution is 2.62. The maximum Gasteiger partial charge on any atom is 0.148 e. The van der Waals surface area contributed by atoms with Crippen LogP contribution in [0.25, 0.3) is 32.6 Å². The maximum absolute atomic E-state index is 5.70. The Morgan fingerprint density at radius 2 is 1.53 bits per heavy atom. The van der Waals surface area contributed by atoms with Crippen LogP contribution in [0.1, 0.15) is 32.5 Å². The number of fused-ring (bicyclic) bond motifs is 6. The minimum absolute atomic E-state index is 0.122. The molecule has 0 bridgehead atoms. The van der Waals surface area contributed by atoms with Gasteiger partial charge in [-0.15, -0.1) is 0 Å². The lowest BCUT2D eigenvalue weighted by Gasteiger charge is -2.42. The molecule has 3 unspecified atom stereocenters. The summed E-state index contributed by atoms with van der Waals surface area (Å²) >= 11 is 0. The van der Waals surface area contributed by atoms with Crippen molar-refractivity contribution in [3.8, 4) is 0 Å². The molecule has 0 saturated carbocycles. The van der Waals surface area contributed by atoms with Gasteiger partial charge in [-0.1, -0.05) is 118 Å². The molecule has 0 spiro atoms. The van der Waals surface area contributed by atoms with Crippen LogP contribution in [0.4, 0.5) is 0 Å². The smallest absolute Gasteiger partial charge is 0.148 e. The van der Waals surface area contributed by atoms with Crippen LogP contribution < -0.4 is 10.6 Å². The van der Waals surface area contributed by atoms with Crippen LogP contribution in [-0.4, -0.2) is 16.8 Å². The van der Waals surface area contributed by atoms with E-state index in [1.54, 1.807) is 0 Å². The van der Waals surface area contributed by atoms with Gasteiger partial charge in [0, 0.05) is 45.3 Å². The molecule has 2 N–H and O–H groups in total. The molecule has 2 aliphatic carbocycles. The van der Waals surface area contributed by atoms with Crippen LogP contribution in [0.15, 0.2) is 155 Å². The topological polar surface area (TPSA) is 41.4 Å². The van der Waals surface area contributed by atoms with Gasteiger partial charge in [0.1, 0.15) is 6.17 Å². The van der Waals surface area contributed by atoms with Crippen molar-refractivity contribution in [2.75, 3.05) is 6.54 Å². The van der Waals surface area contributed by atoms with E-state index in [1.807, 2.05) is 0 Å². The molecule has 4 heteroatoms. The lowest BCUT2D eigenvalue weighted by atomic mass is 9.61. The second-order valence-electron chi connectivity index (χ2n) is 13.5. The van der Waals surface area contributed by atoms with E-state index < -0.39 is 0 Å². The first kappa shape index (κ1) is 26.3. The molecule has 3 heterocycles. The molecule has 4 aromatic carbocycles. The monoisotopic (exact) mass is 584 g/mol. The highest BCUT2D eigenvalue weighted by Gasteiger charge is 2.57. The van der Waals surface area contributed by atoms with Gasteiger partial charge < -0.3 is 15.2 Å². The Kier molecular flexibility index (Phi) is 5.53. The minimum atomic E-state index is -0.186. The lowest BCUT2D eigenvalue weighted by Crippen LogP contribution is -2.39. The summed E-state index contributed by atoms with van der Waals surface area (Å²) in [6.07, 6.45) is 13.6. The van der Waals surface area contributed by atoms with Gasteiger partial charge in [-0.3, -0.25) is 4.99 Å². The van der Waals surface area contributed by atoms with Gasteiger partial charge in [-0.2, -0.15) is 0 Å². The molecule has 1 aromatic heterocycles. The van der Waals surface area contributed by atoms with Crippen LogP contribution in [0.2, 0.25) is 0 Å². The average molecular weight is 585 g/mol. The van der Waals surface area contributed by atoms with E-state index in [0.717, 1.165) is 23.5 Å². The van der Waals surface area contributed by atoms with Crippen molar-refractivity contribution >= 4 is 38.3 Å². The van der Waals surface area contributed by atoms with Crippen LogP contribution in [0.5, 0.6) is 0 Å². The maximum atomic E-state index is 5.70. The first-order valence-corrected chi connectivity index (χ1v) is 16.0. The van der Waals surface area contributed by atoms with Gasteiger partial charge in [0.25, 0.3) is 0 Å². The number of para-hydroxylation sites is 1. The molecule has 4 nitrogen and oxygen atoms in total. The number of rotatable bonds is 3. The molecule has 45 heavy (non-hydrogen) atoms. The molecule has 220 valence electrons. The van der Waals surface area contributed by atoms with Gasteiger partial charge in [0.15, 0.2) is 0 Å². The number of dihydropyridines is 1.